The molecule has 0 aromatic carbocycles. The van der Waals surface area contributed by atoms with E-state index >= 15 is 0 Å². The van der Waals surface area contributed by atoms with Gasteiger partial charge in [-0.2, -0.15) is 0 Å². The zero-order valence-electron chi connectivity index (χ0n) is 11.5. The number of ether oxygens (including phenoxy) is 1. The van der Waals surface area contributed by atoms with Crippen LogP contribution in [0.4, 0.5) is 0 Å². The molecule has 0 radical (unpaired) electrons. The van der Waals surface area contributed by atoms with E-state index < -0.39 is 11.0 Å². The van der Waals surface area contributed by atoms with Gasteiger partial charge >= 0.3 is 0 Å². The third kappa shape index (κ3) is 2.75. The van der Waals surface area contributed by atoms with E-state index in [-0.39, 0.29) is 11.7 Å². The Morgan fingerprint density at radius 2 is 2.17 bits per heavy atom. The first-order chi connectivity index (χ1) is 8.27. The van der Waals surface area contributed by atoms with E-state index in [9.17, 15) is 4.79 Å². The number of nitrogens with two attached hydrogens (primary N) is 1. The van der Waals surface area contributed by atoms with E-state index in [2.05, 4.69) is 10.5 Å². The predicted octanol–water partition coefficient (Wildman–Crippen LogP) is 0.690. The van der Waals surface area contributed by atoms with Crippen LogP contribution in [0.5, 0.6) is 0 Å². The van der Waals surface area contributed by atoms with Crippen LogP contribution in [0.25, 0.3) is 0 Å². The third-order valence-corrected chi connectivity index (χ3v) is 3.65. The Balaban J connectivity index is 2.69. The van der Waals surface area contributed by atoms with Crippen molar-refractivity contribution in [3.05, 3.63) is 0 Å². The fraction of sp³-hybridized carbons (Fsp3) is 0.833. The van der Waals surface area contributed by atoms with Crippen LogP contribution in [0, 0.1) is 11.3 Å². The Bertz CT molecular complexity index is 346. The van der Waals surface area contributed by atoms with Gasteiger partial charge in [0.2, 0.25) is 5.91 Å². The Kier molecular flexibility index (Phi) is 4.21. The van der Waals surface area contributed by atoms with Crippen LogP contribution in [-0.2, 0) is 9.53 Å². The molecule has 1 aliphatic rings. The lowest BCUT2D eigenvalue weighted by Gasteiger charge is -2.44. The van der Waals surface area contributed by atoms with Crippen LogP contribution in [0.3, 0.4) is 0 Å². The highest BCUT2D eigenvalue weighted by atomic mass is 16.5. The summed E-state index contributed by atoms with van der Waals surface area (Å²) in [5.74, 6) is 0.209. The molecular weight excluding hydrogens is 234 g/mol. The highest BCUT2D eigenvalue weighted by Gasteiger charge is 2.52. The number of rotatable bonds is 5. The van der Waals surface area contributed by atoms with Crippen molar-refractivity contribution >= 4 is 11.7 Å². The van der Waals surface area contributed by atoms with E-state index in [1.54, 1.807) is 7.11 Å². The van der Waals surface area contributed by atoms with Crippen LogP contribution < -0.4 is 11.1 Å². The Hall–Kier alpha value is -1.30. The summed E-state index contributed by atoms with van der Waals surface area (Å²) in [5, 5.41) is 14.6. The number of carbonyl (C=O) groups is 1. The molecular formula is C12H23N3O3. The minimum Gasteiger partial charge on any atom is -0.409 e. The van der Waals surface area contributed by atoms with Gasteiger partial charge < -0.3 is 21.0 Å². The largest absolute Gasteiger partial charge is 0.409 e. The predicted molar refractivity (Wildman–Crippen MR) is 68.3 cm³/mol. The number of amidine groups is 1. The van der Waals surface area contributed by atoms with E-state index in [1.165, 1.54) is 0 Å². The maximum absolute atomic E-state index is 12.2. The highest BCUT2D eigenvalue weighted by molar-refractivity contribution is 6.07. The number of nitrogens with one attached hydrogen (secondary N) is 1. The van der Waals surface area contributed by atoms with Gasteiger partial charge in [-0.05, 0) is 32.6 Å². The monoisotopic (exact) mass is 257 g/mol. The van der Waals surface area contributed by atoms with Crippen molar-refractivity contribution in [2.45, 2.75) is 39.2 Å². The van der Waals surface area contributed by atoms with Crippen molar-refractivity contribution < 1.29 is 14.7 Å². The molecule has 1 fully saturated rings. The molecule has 1 rings (SSSR count). The lowest BCUT2D eigenvalue weighted by molar-refractivity contribution is -0.134. The number of amides is 1. The van der Waals surface area contributed by atoms with E-state index in [4.69, 9.17) is 15.7 Å². The zero-order valence-corrected chi connectivity index (χ0v) is 11.5. The van der Waals surface area contributed by atoms with Crippen molar-refractivity contribution in [3.8, 4) is 0 Å². The van der Waals surface area contributed by atoms with Crippen LogP contribution in [0.2, 0.25) is 0 Å². The molecule has 0 aromatic heterocycles. The smallest absolute Gasteiger partial charge is 0.234 e. The minimum atomic E-state index is -0.849. The minimum absolute atomic E-state index is 0.00618. The Morgan fingerprint density at radius 3 is 2.56 bits per heavy atom. The molecule has 0 aromatic rings. The second-order valence-electron chi connectivity index (χ2n) is 5.73. The number of hydrogen-bond donors (Lipinski definition) is 3. The average molecular weight is 257 g/mol. The molecule has 0 saturated heterocycles. The van der Waals surface area contributed by atoms with Gasteiger partial charge in [-0.15, -0.1) is 0 Å². The topological polar surface area (TPSA) is 96.9 Å². The molecule has 0 atom stereocenters. The molecule has 0 bridgehead atoms. The van der Waals surface area contributed by atoms with Crippen LogP contribution in [-0.4, -0.2) is 36.2 Å². The van der Waals surface area contributed by atoms with Crippen molar-refractivity contribution in [3.63, 3.8) is 0 Å². The third-order valence-electron chi connectivity index (χ3n) is 3.65. The summed E-state index contributed by atoms with van der Waals surface area (Å²) in [4.78, 5) is 12.2. The Morgan fingerprint density at radius 1 is 1.61 bits per heavy atom. The van der Waals surface area contributed by atoms with Crippen molar-refractivity contribution in [1.82, 2.24) is 5.32 Å². The lowest BCUT2D eigenvalue weighted by atomic mass is 9.61. The Labute approximate surface area is 108 Å². The summed E-state index contributed by atoms with van der Waals surface area (Å²) in [6.07, 6.45) is 1.23. The second-order valence-corrected chi connectivity index (χ2v) is 5.73. The molecule has 0 unspecified atom stereocenters. The van der Waals surface area contributed by atoms with Crippen LogP contribution in [0.15, 0.2) is 5.16 Å². The number of oxime groups is 1. The molecule has 6 nitrogen and oxygen atoms in total. The van der Waals surface area contributed by atoms with Gasteiger partial charge in [-0.25, -0.2) is 0 Å². The SMILES string of the molecule is COC(C)(C)CNC(=O)C1(C(N)=NO)CC(C)C1. The molecule has 0 aliphatic heterocycles. The normalized spacial score (nSPS) is 28.7. The summed E-state index contributed by atoms with van der Waals surface area (Å²) >= 11 is 0. The molecule has 104 valence electrons. The van der Waals surface area contributed by atoms with Crippen LogP contribution in [0.1, 0.15) is 33.6 Å². The average Bonchev–Trinajstić information content (AvgIpc) is 2.30. The number of nitrogens with zero attached hydrogens (tertiary/aromatic N) is 1. The standard InChI is InChI=1S/C12H23N3O3/c1-8-5-12(6-8,9(13)15-17)10(16)14-7-11(2,3)18-4/h8,17H,5-7H2,1-4H3,(H2,13,15)(H,14,16). The number of methoxy groups -OCH3 is 1. The van der Waals surface area contributed by atoms with Gasteiger partial charge in [0.15, 0.2) is 5.84 Å². The van der Waals surface area contributed by atoms with Crippen LogP contribution >= 0.6 is 0 Å². The maximum atomic E-state index is 12.2. The fourth-order valence-electron chi connectivity index (χ4n) is 2.27. The van der Waals surface area contributed by atoms with Gasteiger partial charge in [0.1, 0.15) is 5.41 Å². The number of carbonyl (C=O) groups excluding carboxylic acids is 1. The quantitative estimate of drug-likeness (QED) is 0.292. The molecule has 0 spiro atoms. The highest BCUT2D eigenvalue weighted by Crippen LogP contribution is 2.45. The molecule has 18 heavy (non-hydrogen) atoms. The van der Waals surface area contributed by atoms with E-state index in [0.717, 1.165) is 0 Å². The van der Waals surface area contributed by atoms with Crippen molar-refractivity contribution in [1.29, 1.82) is 0 Å². The number of hydrogen-bond acceptors (Lipinski definition) is 4. The summed E-state index contributed by atoms with van der Waals surface area (Å²) in [6, 6.07) is 0. The van der Waals surface area contributed by atoms with Crippen molar-refractivity contribution in [2.24, 2.45) is 22.2 Å². The molecule has 6 heteroatoms. The van der Waals surface area contributed by atoms with E-state index in [1.807, 2.05) is 20.8 Å². The molecule has 1 aliphatic carbocycles. The molecule has 4 N–H and O–H groups in total. The first kappa shape index (κ1) is 14.8. The summed E-state index contributed by atoms with van der Waals surface area (Å²) in [6.45, 7) is 6.19. The molecule has 0 heterocycles. The van der Waals surface area contributed by atoms with Gasteiger partial charge in [-0.1, -0.05) is 12.1 Å². The zero-order chi connectivity index (χ0) is 14.0. The maximum Gasteiger partial charge on any atom is 0.234 e. The molecule has 1 saturated carbocycles. The van der Waals surface area contributed by atoms with Gasteiger partial charge in [-0.3, -0.25) is 4.79 Å². The lowest BCUT2D eigenvalue weighted by Crippen LogP contribution is -2.58. The summed E-state index contributed by atoms with van der Waals surface area (Å²) in [5.41, 5.74) is 4.37. The first-order valence-electron chi connectivity index (χ1n) is 6.09. The summed E-state index contributed by atoms with van der Waals surface area (Å²) < 4.78 is 5.23. The van der Waals surface area contributed by atoms with E-state index in [0.29, 0.717) is 25.3 Å². The first-order valence-corrected chi connectivity index (χ1v) is 6.09. The van der Waals surface area contributed by atoms with Gasteiger partial charge in [0.25, 0.3) is 0 Å². The van der Waals surface area contributed by atoms with Gasteiger partial charge in [0.05, 0.1) is 5.60 Å². The second kappa shape index (κ2) is 5.14. The van der Waals surface area contributed by atoms with Crippen molar-refractivity contribution in [2.75, 3.05) is 13.7 Å². The fourth-order valence-corrected chi connectivity index (χ4v) is 2.27. The molecule has 1 amide bonds. The summed E-state index contributed by atoms with van der Waals surface area (Å²) in [7, 11) is 1.59. The van der Waals surface area contributed by atoms with Gasteiger partial charge in [0, 0.05) is 13.7 Å².